The van der Waals surface area contributed by atoms with Crippen molar-refractivity contribution in [3.63, 3.8) is 0 Å². The van der Waals surface area contributed by atoms with Crippen molar-refractivity contribution >= 4 is 10.9 Å². The molecule has 0 aromatic carbocycles. The largest absolute Gasteiger partial charge is 0.618 e. The fourth-order valence-corrected chi connectivity index (χ4v) is 1.29. The summed E-state index contributed by atoms with van der Waals surface area (Å²) in [5, 5.41) is 11.7. The summed E-state index contributed by atoms with van der Waals surface area (Å²) >= 11 is 0. The van der Waals surface area contributed by atoms with Crippen LogP contribution in [0, 0.1) is 5.21 Å². The maximum atomic E-state index is 11.5. The molecular weight excluding hydrogens is 168 g/mol. The molecule has 0 aliphatic rings. The first-order valence-electron chi connectivity index (χ1n) is 3.87. The van der Waals surface area contributed by atoms with Crippen LogP contribution in [0.15, 0.2) is 35.4 Å². The molecule has 0 amide bonds. The van der Waals surface area contributed by atoms with E-state index in [1.807, 2.05) is 0 Å². The van der Waals surface area contributed by atoms with E-state index < -0.39 is 0 Å². The summed E-state index contributed by atoms with van der Waals surface area (Å²) < 4.78 is 2.14. The molecule has 4 nitrogen and oxygen atoms in total. The van der Waals surface area contributed by atoms with Crippen molar-refractivity contribution in [2.45, 2.75) is 0 Å². The van der Waals surface area contributed by atoms with Gasteiger partial charge in [-0.15, -0.1) is 0 Å². The first-order chi connectivity index (χ1) is 6.20. The number of hydrogen-bond acceptors (Lipinski definition) is 2. The van der Waals surface area contributed by atoms with Crippen LogP contribution in [0.1, 0.15) is 0 Å². The van der Waals surface area contributed by atoms with Gasteiger partial charge in [0.2, 0.25) is 5.52 Å². The molecule has 0 N–H and O–H groups in total. The van der Waals surface area contributed by atoms with Crippen LogP contribution < -0.4 is 10.3 Å². The van der Waals surface area contributed by atoms with E-state index in [2.05, 4.69) is 0 Å². The molecule has 0 saturated carbocycles. The average molecular weight is 176 g/mol. The quantitative estimate of drug-likeness (QED) is 0.424. The molecule has 66 valence electrons. The van der Waals surface area contributed by atoms with Gasteiger partial charge in [0.1, 0.15) is 5.39 Å². The number of aryl methyl sites for hydroxylation is 1. The number of nitrogens with zero attached hydrogens (tertiary/aromatic N) is 2. The maximum Gasteiger partial charge on any atom is 0.264 e. The molecule has 0 fully saturated rings. The first kappa shape index (κ1) is 7.79. The van der Waals surface area contributed by atoms with E-state index >= 15 is 0 Å². The Hall–Kier alpha value is -1.84. The highest BCUT2D eigenvalue weighted by Crippen LogP contribution is 2.01. The van der Waals surface area contributed by atoms with Gasteiger partial charge < -0.3 is 9.77 Å². The van der Waals surface area contributed by atoms with E-state index in [0.29, 0.717) is 15.6 Å². The normalized spacial score (nSPS) is 10.5. The Bertz CT molecular complexity index is 516. The summed E-state index contributed by atoms with van der Waals surface area (Å²) in [4.78, 5) is 11.5. The highest BCUT2D eigenvalue weighted by molar-refractivity contribution is 5.73. The number of fused-ring (bicyclic) bond motifs is 1. The van der Waals surface area contributed by atoms with Gasteiger partial charge in [-0.2, -0.15) is 4.73 Å². The van der Waals surface area contributed by atoms with Crippen LogP contribution >= 0.6 is 0 Å². The minimum absolute atomic E-state index is 0.150. The molecule has 2 aromatic rings. The predicted molar refractivity (Wildman–Crippen MR) is 48.1 cm³/mol. The summed E-state index contributed by atoms with van der Waals surface area (Å²) in [6.07, 6.45) is 2.96. The standard InChI is InChI=1S/C9H8N2O2/c1-10-6-4-8-7(9(10)12)3-2-5-11(8)13/h2-6H,1H3. The molecule has 2 rings (SSSR count). The molecule has 0 radical (unpaired) electrons. The second kappa shape index (κ2) is 2.58. The summed E-state index contributed by atoms with van der Waals surface area (Å²) in [6.45, 7) is 0. The van der Waals surface area contributed by atoms with Gasteiger partial charge in [-0.1, -0.05) is 0 Å². The third kappa shape index (κ3) is 1.07. The smallest absolute Gasteiger partial charge is 0.264 e. The topological polar surface area (TPSA) is 48.9 Å². The van der Waals surface area contributed by atoms with Crippen LogP contribution in [0.25, 0.3) is 10.9 Å². The van der Waals surface area contributed by atoms with Gasteiger partial charge >= 0.3 is 0 Å². The van der Waals surface area contributed by atoms with E-state index in [0.717, 1.165) is 0 Å². The lowest BCUT2D eigenvalue weighted by Gasteiger charge is -2.01. The Labute approximate surface area is 74.2 Å². The number of pyridine rings is 2. The fraction of sp³-hybridized carbons (Fsp3) is 0.111. The van der Waals surface area contributed by atoms with E-state index in [-0.39, 0.29) is 5.56 Å². The van der Waals surface area contributed by atoms with Crippen LogP contribution in [-0.2, 0) is 7.05 Å². The van der Waals surface area contributed by atoms with Gasteiger partial charge in [-0.25, -0.2) is 0 Å². The van der Waals surface area contributed by atoms with Gasteiger partial charge in [-0.05, 0) is 6.07 Å². The van der Waals surface area contributed by atoms with Crippen molar-refractivity contribution in [1.82, 2.24) is 4.57 Å². The fourth-order valence-electron chi connectivity index (χ4n) is 1.29. The SMILES string of the molecule is Cn1ccc2c(ccc[n+]2[O-])c1=O. The summed E-state index contributed by atoms with van der Waals surface area (Å²) in [7, 11) is 1.66. The van der Waals surface area contributed by atoms with Crippen LogP contribution in [-0.4, -0.2) is 4.57 Å². The second-order valence-corrected chi connectivity index (χ2v) is 2.86. The molecule has 0 bridgehead atoms. The molecular formula is C9H8N2O2. The average Bonchev–Trinajstić information content (AvgIpc) is 2.12. The molecule has 2 heterocycles. The highest BCUT2D eigenvalue weighted by atomic mass is 16.5. The van der Waals surface area contributed by atoms with Crippen molar-refractivity contribution in [3.05, 3.63) is 46.2 Å². The lowest BCUT2D eigenvalue weighted by atomic mass is 10.3. The lowest BCUT2D eigenvalue weighted by molar-refractivity contribution is -0.577. The molecule has 2 aromatic heterocycles. The minimum atomic E-state index is -0.150. The van der Waals surface area contributed by atoms with Crippen LogP contribution in [0.3, 0.4) is 0 Å². The third-order valence-corrected chi connectivity index (χ3v) is 2.00. The van der Waals surface area contributed by atoms with Crippen molar-refractivity contribution in [2.24, 2.45) is 7.05 Å². The van der Waals surface area contributed by atoms with Gasteiger partial charge in [0.15, 0.2) is 6.20 Å². The van der Waals surface area contributed by atoms with E-state index in [4.69, 9.17) is 0 Å². The maximum absolute atomic E-state index is 11.5. The monoisotopic (exact) mass is 176 g/mol. The van der Waals surface area contributed by atoms with Crippen molar-refractivity contribution in [3.8, 4) is 0 Å². The summed E-state index contributed by atoms with van der Waals surface area (Å²) in [6, 6.07) is 4.84. The summed E-state index contributed by atoms with van der Waals surface area (Å²) in [5.74, 6) is 0. The second-order valence-electron chi connectivity index (χ2n) is 2.86. The van der Waals surface area contributed by atoms with E-state index in [1.54, 1.807) is 31.4 Å². The van der Waals surface area contributed by atoms with Crippen molar-refractivity contribution in [1.29, 1.82) is 0 Å². The Morgan fingerprint density at radius 2 is 2.23 bits per heavy atom. The first-order valence-corrected chi connectivity index (χ1v) is 3.87. The van der Waals surface area contributed by atoms with E-state index in [9.17, 15) is 10.0 Å². The Kier molecular flexibility index (Phi) is 1.55. The number of hydrogen-bond donors (Lipinski definition) is 0. The Morgan fingerprint density at radius 3 is 3.00 bits per heavy atom. The molecule has 0 aliphatic carbocycles. The predicted octanol–water partition coefficient (Wildman–Crippen LogP) is 0.172. The molecule has 0 aliphatic heterocycles. The molecule has 0 unspecified atom stereocenters. The van der Waals surface area contributed by atoms with Gasteiger partial charge in [-0.3, -0.25) is 4.79 Å². The van der Waals surface area contributed by atoms with Gasteiger partial charge in [0.25, 0.3) is 5.56 Å². The minimum Gasteiger partial charge on any atom is -0.618 e. The van der Waals surface area contributed by atoms with Gasteiger partial charge in [0.05, 0.1) is 0 Å². The highest BCUT2D eigenvalue weighted by Gasteiger charge is 2.05. The third-order valence-electron chi connectivity index (χ3n) is 2.00. The lowest BCUT2D eigenvalue weighted by Crippen LogP contribution is -2.29. The van der Waals surface area contributed by atoms with Crippen molar-refractivity contribution in [2.75, 3.05) is 0 Å². The van der Waals surface area contributed by atoms with Gasteiger partial charge in [0, 0.05) is 25.4 Å². The molecule has 0 atom stereocenters. The number of aromatic nitrogens is 2. The van der Waals surface area contributed by atoms with Crippen LogP contribution in [0.2, 0.25) is 0 Å². The Balaban J connectivity index is 3.03. The zero-order chi connectivity index (χ0) is 9.42. The molecule has 13 heavy (non-hydrogen) atoms. The molecule has 0 saturated heterocycles. The zero-order valence-corrected chi connectivity index (χ0v) is 7.10. The van der Waals surface area contributed by atoms with E-state index in [1.165, 1.54) is 10.8 Å². The zero-order valence-electron chi connectivity index (χ0n) is 7.10. The van der Waals surface area contributed by atoms with Crippen LogP contribution in [0.5, 0.6) is 0 Å². The van der Waals surface area contributed by atoms with Crippen LogP contribution in [0.4, 0.5) is 0 Å². The Morgan fingerprint density at radius 1 is 1.46 bits per heavy atom. The molecule has 0 spiro atoms. The molecule has 4 heteroatoms. The number of rotatable bonds is 0. The van der Waals surface area contributed by atoms with Crippen molar-refractivity contribution < 1.29 is 4.73 Å². The summed E-state index contributed by atoms with van der Waals surface area (Å²) in [5.41, 5.74) is 0.258.